The van der Waals surface area contributed by atoms with Gasteiger partial charge in [-0.2, -0.15) is 13.2 Å². The summed E-state index contributed by atoms with van der Waals surface area (Å²) in [4.78, 5) is 16.4. The van der Waals surface area contributed by atoms with Crippen molar-refractivity contribution in [3.63, 3.8) is 0 Å². The van der Waals surface area contributed by atoms with E-state index in [0.29, 0.717) is 5.82 Å². The Morgan fingerprint density at radius 3 is 2.48 bits per heavy atom. The van der Waals surface area contributed by atoms with Crippen molar-refractivity contribution < 1.29 is 13.2 Å². The zero-order valence-corrected chi connectivity index (χ0v) is 12.4. The minimum absolute atomic E-state index is 0.0469. The Hall–Kier alpha value is -2.20. The summed E-state index contributed by atoms with van der Waals surface area (Å²) in [6.07, 6.45) is -3.71. The maximum Gasteiger partial charge on any atom is 0.417 e. The van der Waals surface area contributed by atoms with Crippen molar-refractivity contribution in [2.75, 3.05) is 43.6 Å². The summed E-state index contributed by atoms with van der Waals surface area (Å²) in [6.45, 7) is 3.16. The molecule has 2 aromatic rings. The van der Waals surface area contributed by atoms with Gasteiger partial charge in [-0.3, -0.25) is 0 Å². The molecule has 0 aliphatic carbocycles. The van der Waals surface area contributed by atoms with Gasteiger partial charge in [-0.1, -0.05) is 0 Å². The number of anilines is 2. The number of hydrogen-bond acceptors (Lipinski definition) is 7. The van der Waals surface area contributed by atoms with Crippen molar-refractivity contribution in [3.05, 3.63) is 17.8 Å². The van der Waals surface area contributed by atoms with E-state index in [9.17, 15) is 13.2 Å². The molecule has 0 radical (unpaired) electrons. The van der Waals surface area contributed by atoms with Crippen LogP contribution in [0, 0.1) is 0 Å². The summed E-state index contributed by atoms with van der Waals surface area (Å²) >= 11 is 0. The molecule has 0 unspecified atom stereocenters. The molecule has 0 amide bonds. The number of piperazine rings is 1. The lowest BCUT2D eigenvalue weighted by molar-refractivity contribution is -0.137. The molecule has 2 aromatic heterocycles. The van der Waals surface area contributed by atoms with Crippen molar-refractivity contribution in [1.29, 1.82) is 0 Å². The van der Waals surface area contributed by atoms with Gasteiger partial charge in [-0.25, -0.2) is 20.8 Å². The maximum atomic E-state index is 12.8. The van der Waals surface area contributed by atoms with Crippen LogP contribution in [0.2, 0.25) is 0 Å². The molecule has 1 fully saturated rings. The fourth-order valence-electron chi connectivity index (χ4n) is 2.43. The van der Waals surface area contributed by atoms with E-state index in [0.717, 1.165) is 38.4 Å². The molecule has 23 heavy (non-hydrogen) atoms. The lowest BCUT2D eigenvalue weighted by Gasteiger charge is -2.33. The van der Waals surface area contributed by atoms with E-state index >= 15 is 0 Å². The van der Waals surface area contributed by atoms with Crippen LogP contribution in [-0.4, -0.2) is 53.1 Å². The van der Waals surface area contributed by atoms with Crippen LogP contribution in [0.5, 0.6) is 0 Å². The third-order valence-electron chi connectivity index (χ3n) is 3.77. The number of nitrogens with zero attached hydrogens (tertiary/aromatic N) is 5. The van der Waals surface area contributed by atoms with Crippen molar-refractivity contribution in [3.8, 4) is 0 Å². The summed E-state index contributed by atoms with van der Waals surface area (Å²) < 4.78 is 38.3. The summed E-state index contributed by atoms with van der Waals surface area (Å²) in [5.41, 5.74) is 1.76. The number of nitrogens with two attached hydrogens (primary N) is 1. The monoisotopic (exact) mass is 327 g/mol. The second-order valence-corrected chi connectivity index (χ2v) is 5.39. The highest BCUT2D eigenvalue weighted by Gasteiger charge is 2.31. The number of pyridine rings is 1. The first-order valence-electron chi connectivity index (χ1n) is 7.03. The van der Waals surface area contributed by atoms with Gasteiger partial charge < -0.3 is 15.2 Å². The van der Waals surface area contributed by atoms with Gasteiger partial charge in [0, 0.05) is 32.4 Å². The number of fused-ring (bicyclic) bond motifs is 1. The number of likely N-dealkylation sites (N-methyl/N-ethyl adjacent to an activating group) is 1. The van der Waals surface area contributed by atoms with Crippen LogP contribution in [-0.2, 0) is 6.18 Å². The third kappa shape index (κ3) is 3.13. The largest absolute Gasteiger partial charge is 0.417 e. The Bertz CT molecular complexity index is 711. The SMILES string of the molecule is CN1CCN(c2nc3ncc(C(F)(F)F)cc3nc2NN)CC1. The predicted octanol–water partition coefficient (Wildman–Crippen LogP) is 1.08. The zero-order valence-electron chi connectivity index (χ0n) is 12.4. The minimum atomic E-state index is -4.48. The highest BCUT2D eigenvalue weighted by Crippen LogP contribution is 2.31. The summed E-state index contributed by atoms with van der Waals surface area (Å²) in [5.74, 6) is 6.21. The van der Waals surface area contributed by atoms with Crippen molar-refractivity contribution in [2.45, 2.75) is 6.18 Å². The van der Waals surface area contributed by atoms with Crippen LogP contribution in [0.25, 0.3) is 11.2 Å². The first-order valence-corrected chi connectivity index (χ1v) is 7.03. The number of nitrogen functional groups attached to an aromatic ring is 1. The molecule has 0 spiro atoms. The molecule has 1 aliphatic heterocycles. The topological polar surface area (TPSA) is 83.2 Å². The van der Waals surface area contributed by atoms with Crippen LogP contribution in [0.4, 0.5) is 24.8 Å². The lowest BCUT2D eigenvalue weighted by atomic mass is 10.2. The Kier molecular flexibility index (Phi) is 3.94. The normalized spacial score (nSPS) is 16.8. The second-order valence-electron chi connectivity index (χ2n) is 5.39. The summed E-state index contributed by atoms with van der Waals surface area (Å²) in [7, 11) is 2.02. The van der Waals surface area contributed by atoms with Crippen molar-refractivity contribution >= 4 is 22.8 Å². The standard InChI is InChI=1S/C13H16F3N7/c1-22-2-4-23(5-3-22)12-11(21-17)19-9-6-8(13(14,15)16)7-18-10(9)20-12/h6-7H,2-5,17H2,1H3,(H,19,21). The van der Waals surface area contributed by atoms with Crippen LogP contribution in [0.1, 0.15) is 5.56 Å². The van der Waals surface area contributed by atoms with Gasteiger partial charge in [0.05, 0.1) is 5.56 Å². The molecule has 124 valence electrons. The third-order valence-corrected chi connectivity index (χ3v) is 3.77. The average Bonchev–Trinajstić information content (AvgIpc) is 2.53. The number of halogens is 3. The molecule has 7 nitrogen and oxygen atoms in total. The van der Waals surface area contributed by atoms with Gasteiger partial charge in [0.1, 0.15) is 5.52 Å². The van der Waals surface area contributed by atoms with E-state index in [1.165, 1.54) is 0 Å². The van der Waals surface area contributed by atoms with Crippen LogP contribution >= 0.6 is 0 Å². The Morgan fingerprint density at radius 1 is 1.17 bits per heavy atom. The van der Waals surface area contributed by atoms with E-state index in [1.807, 2.05) is 11.9 Å². The Balaban J connectivity index is 2.03. The van der Waals surface area contributed by atoms with Gasteiger partial charge in [-0.05, 0) is 13.1 Å². The number of hydrazine groups is 1. The first-order chi connectivity index (χ1) is 10.9. The van der Waals surface area contributed by atoms with Gasteiger partial charge in [0.25, 0.3) is 0 Å². The average molecular weight is 327 g/mol. The van der Waals surface area contributed by atoms with Gasteiger partial charge in [0.2, 0.25) is 0 Å². The second kappa shape index (κ2) is 5.78. The minimum Gasteiger partial charge on any atom is -0.351 e. The molecule has 0 saturated carbocycles. The maximum absolute atomic E-state index is 12.8. The molecule has 3 N–H and O–H groups in total. The zero-order chi connectivity index (χ0) is 16.6. The summed E-state index contributed by atoms with van der Waals surface area (Å²) in [6, 6.07) is 0.921. The molecule has 0 atom stereocenters. The van der Waals surface area contributed by atoms with Crippen LogP contribution in [0.15, 0.2) is 12.3 Å². The van der Waals surface area contributed by atoms with E-state index < -0.39 is 11.7 Å². The quantitative estimate of drug-likeness (QED) is 0.631. The number of rotatable bonds is 2. The van der Waals surface area contributed by atoms with Crippen LogP contribution < -0.4 is 16.2 Å². The molecular weight excluding hydrogens is 311 g/mol. The fraction of sp³-hybridized carbons (Fsp3) is 0.462. The first kappa shape index (κ1) is 15.7. The molecule has 0 bridgehead atoms. The fourth-order valence-corrected chi connectivity index (χ4v) is 2.43. The van der Waals surface area contributed by atoms with Gasteiger partial charge in [0.15, 0.2) is 17.3 Å². The molecule has 1 aliphatic rings. The van der Waals surface area contributed by atoms with Crippen LogP contribution in [0.3, 0.4) is 0 Å². The molecular formula is C13H16F3N7. The predicted molar refractivity (Wildman–Crippen MR) is 79.9 cm³/mol. The smallest absolute Gasteiger partial charge is 0.351 e. The van der Waals surface area contributed by atoms with Crippen molar-refractivity contribution in [1.82, 2.24) is 19.9 Å². The highest BCUT2D eigenvalue weighted by molar-refractivity contribution is 5.78. The molecule has 0 aromatic carbocycles. The Labute approximate surface area is 130 Å². The van der Waals surface area contributed by atoms with Gasteiger partial charge >= 0.3 is 6.18 Å². The molecule has 3 rings (SSSR count). The molecule has 3 heterocycles. The number of aromatic nitrogens is 3. The Morgan fingerprint density at radius 2 is 1.87 bits per heavy atom. The van der Waals surface area contributed by atoms with Crippen molar-refractivity contribution in [2.24, 2.45) is 5.84 Å². The lowest BCUT2D eigenvalue weighted by Crippen LogP contribution is -2.45. The van der Waals surface area contributed by atoms with E-state index in [-0.39, 0.29) is 17.0 Å². The molecule has 1 saturated heterocycles. The molecule has 10 heteroatoms. The number of alkyl halides is 3. The summed E-state index contributed by atoms with van der Waals surface area (Å²) in [5, 5.41) is 0. The van der Waals surface area contributed by atoms with E-state index in [1.54, 1.807) is 0 Å². The van der Waals surface area contributed by atoms with Gasteiger partial charge in [-0.15, -0.1) is 0 Å². The number of nitrogens with one attached hydrogen (secondary N) is 1. The highest BCUT2D eigenvalue weighted by atomic mass is 19.4. The number of hydrogen-bond donors (Lipinski definition) is 2. The van der Waals surface area contributed by atoms with E-state index in [4.69, 9.17) is 5.84 Å². The van der Waals surface area contributed by atoms with E-state index in [2.05, 4.69) is 25.3 Å².